The Labute approximate surface area is 222 Å². The fourth-order valence-corrected chi connectivity index (χ4v) is 4.46. The van der Waals surface area contributed by atoms with Gasteiger partial charge in [-0.2, -0.15) is 18.3 Å². The highest BCUT2D eigenvalue weighted by molar-refractivity contribution is 6.02. The third-order valence-corrected chi connectivity index (χ3v) is 6.70. The van der Waals surface area contributed by atoms with Gasteiger partial charge in [0.15, 0.2) is 0 Å². The van der Waals surface area contributed by atoms with Crippen LogP contribution in [0.25, 0.3) is 39.0 Å². The van der Waals surface area contributed by atoms with Gasteiger partial charge in [-0.05, 0) is 49.2 Å². The van der Waals surface area contributed by atoms with Gasteiger partial charge in [0.05, 0.1) is 40.7 Å². The number of pyridine rings is 1. The van der Waals surface area contributed by atoms with Crippen LogP contribution in [0.15, 0.2) is 67.4 Å². The molecule has 3 heterocycles. The lowest BCUT2D eigenvalue weighted by molar-refractivity contribution is -0.140. The Morgan fingerprint density at radius 3 is 2.49 bits per heavy atom. The van der Waals surface area contributed by atoms with E-state index in [0.29, 0.717) is 33.6 Å². The molecule has 1 amide bonds. The Kier molecular flexibility index (Phi) is 6.37. The molecule has 0 atom stereocenters. The minimum atomic E-state index is -4.68. The normalized spacial score (nSPS) is 11.9. The number of primary amides is 1. The molecule has 2 N–H and O–H groups in total. The van der Waals surface area contributed by atoms with E-state index in [0.717, 1.165) is 11.6 Å². The van der Waals surface area contributed by atoms with Crippen LogP contribution in [0, 0.1) is 0 Å². The van der Waals surface area contributed by atoms with Crippen molar-refractivity contribution in [3.05, 3.63) is 78.6 Å². The lowest BCUT2D eigenvalue weighted by Crippen LogP contribution is -2.28. The number of nitrogens with two attached hydrogens (primary N) is 1. The summed E-state index contributed by atoms with van der Waals surface area (Å²) in [7, 11) is 3.59. The molecule has 8 nitrogen and oxygen atoms in total. The van der Waals surface area contributed by atoms with Crippen molar-refractivity contribution in [3.8, 4) is 28.1 Å². The van der Waals surface area contributed by atoms with Crippen molar-refractivity contribution in [1.29, 1.82) is 0 Å². The maximum absolute atomic E-state index is 14.1. The number of fused-ring (bicyclic) bond motifs is 1. The molecule has 0 aliphatic rings. The summed E-state index contributed by atoms with van der Waals surface area (Å²) in [6.07, 6.45) is 2.04. The van der Waals surface area contributed by atoms with Gasteiger partial charge in [0.2, 0.25) is 0 Å². The number of hydrogen-bond acceptors (Lipinski definition) is 5. The molecule has 0 aliphatic heterocycles. The van der Waals surface area contributed by atoms with E-state index < -0.39 is 17.8 Å². The van der Waals surface area contributed by atoms with Crippen LogP contribution >= 0.6 is 0 Å². The number of anilines is 1. The topological polar surface area (TPSA) is 94.9 Å². The number of alkyl halides is 3. The third-order valence-electron chi connectivity index (χ3n) is 6.70. The monoisotopic (exact) mass is 533 g/mol. The highest BCUT2D eigenvalue weighted by atomic mass is 19.4. The lowest BCUT2D eigenvalue weighted by Gasteiger charge is -2.26. The molecule has 5 aromatic rings. The van der Waals surface area contributed by atoms with E-state index in [2.05, 4.69) is 15.1 Å². The fraction of sp³-hybridized carbons (Fsp3) is 0.214. The largest absolute Gasteiger partial charge is 0.433 e. The van der Waals surface area contributed by atoms with E-state index >= 15 is 0 Å². The second-order valence-corrected chi connectivity index (χ2v) is 9.60. The number of halogens is 3. The fourth-order valence-electron chi connectivity index (χ4n) is 4.46. The van der Waals surface area contributed by atoms with Crippen molar-refractivity contribution in [2.75, 3.05) is 11.9 Å². The zero-order valence-corrected chi connectivity index (χ0v) is 21.7. The molecule has 11 heteroatoms. The van der Waals surface area contributed by atoms with Crippen LogP contribution in [-0.4, -0.2) is 43.3 Å². The summed E-state index contributed by atoms with van der Waals surface area (Å²) < 4.78 is 45.6. The summed E-state index contributed by atoms with van der Waals surface area (Å²) in [5, 5.41) is 4.67. The Hall–Kier alpha value is -4.67. The van der Waals surface area contributed by atoms with Crippen molar-refractivity contribution in [2.45, 2.75) is 26.1 Å². The minimum absolute atomic E-state index is 0.0140. The Bertz CT molecular complexity index is 1700. The Morgan fingerprint density at radius 1 is 1.08 bits per heavy atom. The lowest BCUT2D eigenvalue weighted by atomic mass is 9.96. The number of benzene rings is 2. The number of aromatic nitrogens is 5. The van der Waals surface area contributed by atoms with Gasteiger partial charge in [-0.25, -0.2) is 9.97 Å². The SMILES string of the molecule is CC(C)N(C)c1cc(-c2cc(C(F)(F)F)nc3c(-n4cnc(-c5cnn(C)c5)c4)cccc23)ccc1C(N)=O. The van der Waals surface area contributed by atoms with Crippen LogP contribution in [-0.2, 0) is 13.2 Å². The van der Waals surface area contributed by atoms with E-state index in [1.54, 1.807) is 78.3 Å². The van der Waals surface area contributed by atoms with Crippen LogP contribution in [0.4, 0.5) is 18.9 Å². The number of nitrogens with zero attached hydrogens (tertiary/aromatic N) is 6. The molecule has 0 bridgehead atoms. The second kappa shape index (κ2) is 9.57. The van der Waals surface area contributed by atoms with Crippen LogP contribution in [0.1, 0.15) is 29.9 Å². The van der Waals surface area contributed by atoms with Gasteiger partial charge >= 0.3 is 6.18 Å². The number of para-hydroxylation sites is 1. The molecular formula is C28H26F3N7O. The number of carbonyl (C=O) groups is 1. The first kappa shape index (κ1) is 26.0. The molecule has 0 saturated heterocycles. The molecule has 0 aliphatic carbocycles. The van der Waals surface area contributed by atoms with Crippen molar-refractivity contribution < 1.29 is 18.0 Å². The first-order chi connectivity index (χ1) is 18.4. The molecule has 0 spiro atoms. The first-order valence-electron chi connectivity index (χ1n) is 12.2. The zero-order chi connectivity index (χ0) is 28.1. The van der Waals surface area contributed by atoms with Gasteiger partial charge in [0, 0.05) is 43.5 Å². The Balaban J connectivity index is 1.74. The maximum atomic E-state index is 14.1. The predicted molar refractivity (Wildman–Crippen MR) is 144 cm³/mol. The van der Waals surface area contributed by atoms with Crippen LogP contribution < -0.4 is 10.6 Å². The summed E-state index contributed by atoms with van der Waals surface area (Å²) in [4.78, 5) is 22.5. The number of carbonyl (C=O) groups excluding carboxylic acids is 1. The summed E-state index contributed by atoms with van der Waals surface area (Å²) in [5.74, 6) is -0.619. The summed E-state index contributed by atoms with van der Waals surface area (Å²) in [6.45, 7) is 3.89. The molecular weight excluding hydrogens is 507 g/mol. The smallest absolute Gasteiger partial charge is 0.372 e. The standard InChI is InChI=1S/C28H26F3N7O/c1-16(2)37(4)24-10-17(8-9-20(24)27(32)39)21-11-25(28(29,30)31)35-26-19(21)6-5-7-23(26)38-14-22(33-15-38)18-12-34-36(3)13-18/h5-16H,1-4H3,(H2,32,39). The number of amides is 1. The van der Waals surface area contributed by atoms with Crippen LogP contribution in [0.3, 0.4) is 0 Å². The van der Waals surface area contributed by atoms with E-state index in [1.807, 2.05) is 18.7 Å². The average Bonchev–Trinajstić information content (AvgIpc) is 3.55. The van der Waals surface area contributed by atoms with Gasteiger partial charge < -0.3 is 15.2 Å². The van der Waals surface area contributed by atoms with E-state index in [1.165, 1.54) is 6.33 Å². The van der Waals surface area contributed by atoms with Gasteiger partial charge in [-0.15, -0.1) is 0 Å². The number of hydrogen-bond donors (Lipinski definition) is 1. The number of aryl methyl sites for hydroxylation is 1. The maximum Gasteiger partial charge on any atom is 0.433 e. The molecule has 200 valence electrons. The van der Waals surface area contributed by atoms with Gasteiger partial charge in [-0.3, -0.25) is 9.48 Å². The summed E-state index contributed by atoms with van der Waals surface area (Å²) >= 11 is 0. The Morgan fingerprint density at radius 2 is 1.85 bits per heavy atom. The molecule has 0 fully saturated rings. The molecule has 5 rings (SSSR count). The van der Waals surface area contributed by atoms with Gasteiger partial charge in [-0.1, -0.05) is 18.2 Å². The van der Waals surface area contributed by atoms with Crippen LogP contribution in [0.5, 0.6) is 0 Å². The van der Waals surface area contributed by atoms with Gasteiger partial charge in [0.25, 0.3) is 5.91 Å². The van der Waals surface area contributed by atoms with Gasteiger partial charge in [0.1, 0.15) is 5.69 Å². The predicted octanol–water partition coefficient (Wildman–Crippen LogP) is 5.45. The van der Waals surface area contributed by atoms with Crippen molar-refractivity contribution in [3.63, 3.8) is 0 Å². The van der Waals surface area contributed by atoms with Crippen LogP contribution in [0.2, 0.25) is 0 Å². The summed E-state index contributed by atoms with van der Waals surface area (Å²) in [6, 6.07) is 11.1. The van der Waals surface area contributed by atoms with Crippen molar-refractivity contribution in [2.24, 2.45) is 12.8 Å². The third kappa shape index (κ3) is 4.83. The highest BCUT2D eigenvalue weighted by Crippen LogP contribution is 2.39. The highest BCUT2D eigenvalue weighted by Gasteiger charge is 2.34. The number of imidazole rings is 1. The van der Waals surface area contributed by atoms with E-state index in [-0.39, 0.29) is 17.1 Å². The first-order valence-corrected chi connectivity index (χ1v) is 12.2. The quantitative estimate of drug-likeness (QED) is 0.313. The van der Waals surface area contributed by atoms with Crippen molar-refractivity contribution in [1.82, 2.24) is 24.3 Å². The molecule has 0 unspecified atom stereocenters. The molecule has 0 saturated carbocycles. The minimum Gasteiger partial charge on any atom is -0.372 e. The average molecular weight is 534 g/mol. The molecule has 39 heavy (non-hydrogen) atoms. The molecule has 0 radical (unpaired) electrons. The van der Waals surface area contributed by atoms with E-state index in [9.17, 15) is 18.0 Å². The molecule has 2 aromatic carbocycles. The second-order valence-electron chi connectivity index (χ2n) is 9.60. The van der Waals surface area contributed by atoms with E-state index in [4.69, 9.17) is 5.73 Å². The van der Waals surface area contributed by atoms with Crippen molar-refractivity contribution >= 4 is 22.5 Å². The zero-order valence-electron chi connectivity index (χ0n) is 21.7. The number of rotatable bonds is 6. The summed E-state index contributed by atoms with van der Waals surface area (Å²) in [5.41, 5.74) is 8.22. The molecule has 3 aromatic heterocycles.